The van der Waals surface area contributed by atoms with Crippen LogP contribution >= 0.6 is 0 Å². The predicted molar refractivity (Wildman–Crippen MR) is 136 cm³/mol. The summed E-state index contributed by atoms with van der Waals surface area (Å²) >= 11 is 0. The largest absolute Gasteiger partial charge is 0.508 e. The molecule has 1 aliphatic rings. The van der Waals surface area contributed by atoms with Crippen LogP contribution in [-0.2, 0) is 4.79 Å². The number of aromatic hydroxyl groups is 1. The minimum Gasteiger partial charge on any atom is -0.508 e. The number of nitro benzene ring substituents is 1. The van der Waals surface area contributed by atoms with Gasteiger partial charge in [0.1, 0.15) is 17.5 Å². The smallest absolute Gasteiger partial charge is 0.275 e. The van der Waals surface area contributed by atoms with Crippen LogP contribution in [0.1, 0.15) is 18.5 Å². The predicted octanol–water partition coefficient (Wildman–Crippen LogP) is 4.50. The highest BCUT2D eigenvalue weighted by Gasteiger charge is 2.38. The molecule has 37 heavy (non-hydrogen) atoms. The molecule has 3 N–H and O–H groups in total. The number of phenolic OH excluding ortho intramolecular Hbond substituents is 1. The van der Waals surface area contributed by atoms with Gasteiger partial charge in [0.05, 0.1) is 28.9 Å². The zero-order chi connectivity index (χ0) is 26.1. The minimum atomic E-state index is -0.953. The Morgan fingerprint density at radius 3 is 2.54 bits per heavy atom. The Labute approximate surface area is 211 Å². The summed E-state index contributed by atoms with van der Waals surface area (Å²) in [6, 6.07) is 18.6. The van der Waals surface area contributed by atoms with Gasteiger partial charge in [0.25, 0.3) is 11.6 Å². The summed E-state index contributed by atoms with van der Waals surface area (Å²) in [7, 11) is 1.50. The first kappa shape index (κ1) is 23.5. The van der Waals surface area contributed by atoms with Crippen molar-refractivity contribution < 1.29 is 19.6 Å². The second-order valence-electron chi connectivity index (χ2n) is 8.29. The number of carbonyl (C=O) groups is 1. The number of ether oxygens (including phenoxy) is 1. The first-order valence-corrected chi connectivity index (χ1v) is 11.3. The van der Waals surface area contributed by atoms with E-state index < -0.39 is 16.9 Å². The second kappa shape index (κ2) is 9.46. The zero-order valence-corrected chi connectivity index (χ0v) is 19.9. The van der Waals surface area contributed by atoms with Crippen molar-refractivity contribution in [2.24, 2.45) is 0 Å². The Bertz CT molecular complexity index is 1540. The number of para-hydroxylation sites is 3. The van der Waals surface area contributed by atoms with Gasteiger partial charge in [-0.2, -0.15) is 4.98 Å². The molecule has 0 spiro atoms. The monoisotopic (exact) mass is 498 g/mol. The number of nitrogens with zero attached hydrogens (tertiary/aromatic N) is 4. The molecule has 0 bridgehead atoms. The number of anilines is 2. The molecule has 0 radical (unpaired) electrons. The molecule has 0 saturated carbocycles. The van der Waals surface area contributed by atoms with Crippen molar-refractivity contribution in [3.05, 3.63) is 99.7 Å². The van der Waals surface area contributed by atoms with E-state index >= 15 is 0 Å². The standard InChI is InChI=1S/C26H22N6O5/c1-15-22(25(34)28-19-8-4-6-10-21(19)37-2)23(18-7-3-5-9-20(18)32(35)36)31-26(27-15)29-24(30-31)16-11-13-17(33)14-12-16/h3-14,23,33H,1-2H3,(H,28,34)(H,27,29,30). The van der Waals surface area contributed by atoms with Crippen LogP contribution in [0, 0.1) is 10.1 Å². The zero-order valence-electron chi connectivity index (χ0n) is 19.9. The first-order valence-electron chi connectivity index (χ1n) is 11.3. The average molecular weight is 498 g/mol. The van der Waals surface area contributed by atoms with Crippen LogP contribution < -0.4 is 15.4 Å². The number of phenols is 1. The summed E-state index contributed by atoms with van der Waals surface area (Å²) in [6.45, 7) is 1.71. The summed E-state index contributed by atoms with van der Waals surface area (Å²) < 4.78 is 6.83. The fourth-order valence-electron chi connectivity index (χ4n) is 4.29. The van der Waals surface area contributed by atoms with Gasteiger partial charge in [-0.15, -0.1) is 5.10 Å². The quantitative estimate of drug-likeness (QED) is 0.260. The van der Waals surface area contributed by atoms with Crippen molar-refractivity contribution >= 4 is 23.2 Å². The van der Waals surface area contributed by atoms with E-state index in [1.54, 1.807) is 61.5 Å². The highest BCUT2D eigenvalue weighted by molar-refractivity contribution is 6.06. The fourth-order valence-corrected chi connectivity index (χ4v) is 4.29. The number of rotatable bonds is 6. The molecule has 4 aromatic rings. The topological polar surface area (TPSA) is 144 Å². The van der Waals surface area contributed by atoms with E-state index in [0.717, 1.165) is 0 Å². The number of nitrogens with one attached hydrogen (secondary N) is 2. The van der Waals surface area contributed by atoms with Crippen molar-refractivity contribution in [2.75, 3.05) is 17.7 Å². The number of allylic oxidation sites excluding steroid dienone is 1. The number of aromatic nitrogens is 3. The molecule has 11 heteroatoms. The van der Waals surface area contributed by atoms with Gasteiger partial charge in [-0.3, -0.25) is 14.9 Å². The summed E-state index contributed by atoms with van der Waals surface area (Å²) in [5.74, 6) is 0.723. The van der Waals surface area contributed by atoms with Gasteiger partial charge in [0, 0.05) is 17.3 Å². The van der Waals surface area contributed by atoms with Gasteiger partial charge < -0.3 is 20.5 Å². The summed E-state index contributed by atoms with van der Waals surface area (Å²) in [5, 5.41) is 32.2. The maximum Gasteiger partial charge on any atom is 0.275 e. The lowest BCUT2D eigenvalue weighted by atomic mass is 9.93. The highest BCUT2D eigenvalue weighted by atomic mass is 16.6. The number of fused-ring (bicyclic) bond motifs is 1. The fraction of sp³-hybridized carbons (Fsp3) is 0.115. The third kappa shape index (κ3) is 4.33. The van der Waals surface area contributed by atoms with Crippen LogP contribution in [0.2, 0.25) is 0 Å². The molecule has 2 heterocycles. The van der Waals surface area contributed by atoms with Gasteiger partial charge in [-0.1, -0.05) is 24.3 Å². The maximum absolute atomic E-state index is 13.7. The number of methoxy groups -OCH3 is 1. The Morgan fingerprint density at radius 1 is 1.11 bits per heavy atom. The molecule has 5 rings (SSSR count). The third-order valence-electron chi connectivity index (χ3n) is 6.01. The molecule has 1 amide bonds. The van der Waals surface area contributed by atoms with Crippen molar-refractivity contribution in [3.8, 4) is 22.9 Å². The van der Waals surface area contributed by atoms with Crippen LogP contribution in [-0.4, -0.2) is 37.8 Å². The van der Waals surface area contributed by atoms with Crippen molar-refractivity contribution in [1.29, 1.82) is 0 Å². The van der Waals surface area contributed by atoms with Crippen molar-refractivity contribution in [3.63, 3.8) is 0 Å². The van der Waals surface area contributed by atoms with E-state index in [4.69, 9.17) is 4.74 Å². The van der Waals surface area contributed by atoms with Crippen molar-refractivity contribution in [2.45, 2.75) is 13.0 Å². The second-order valence-corrected chi connectivity index (χ2v) is 8.29. The lowest BCUT2D eigenvalue weighted by Crippen LogP contribution is -2.32. The molecule has 3 aromatic carbocycles. The molecule has 0 aliphatic carbocycles. The summed E-state index contributed by atoms with van der Waals surface area (Å²) in [6.07, 6.45) is 0. The lowest BCUT2D eigenvalue weighted by molar-refractivity contribution is -0.385. The molecule has 186 valence electrons. The maximum atomic E-state index is 13.7. The van der Waals surface area contributed by atoms with Gasteiger partial charge in [0.15, 0.2) is 5.82 Å². The number of nitro groups is 1. The summed E-state index contributed by atoms with van der Waals surface area (Å²) in [5.41, 5.74) is 1.90. The number of amides is 1. The highest BCUT2D eigenvalue weighted by Crippen LogP contribution is 2.40. The van der Waals surface area contributed by atoms with E-state index in [0.29, 0.717) is 34.5 Å². The van der Waals surface area contributed by atoms with E-state index in [1.807, 2.05) is 0 Å². The van der Waals surface area contributed by atoms with E-state index in [9.17, 15) is 20.0 Å². The van der Waals surface area contributed by atoms with Crippen molar-refractivity contribution in [1.82, 2.24) is 14.8 Å². The van der Waals surface area contributed by atoms with Crippen LogP contribution in [0.4, 0.5) is 17.3 Å². The molecule has 0 saturated heterocycles. The molecule has 1 aromatic heterocycles. The molecule has 1 atom stereocenters. The Morgan fingerprint density at radius 2 is 1.81 bits per heavy atom. The van der Waals surface area contributed by atoms with Crippen LogP contribution in [0.5, 0.6) is 11.5 Å². The SMILES string of the molecule is COc1ccccc1NC(=O)C1=C(C)Nc2nc(-c3ccc(O)cc3)nn2C1c1ccccc1[N+](=O)[O-]. The van der Waals surface area contributed by atoms with Crippen LogP contribution in [0.3, 0.4) is 0 Å². The molecular formula is C26H22N6O5. The van der Waals surface area contributed by atoms with Crippen LogP contribution in [0.15, 0.2) is 84.1 Å². The number of hydrogen-bond donors (Lipinski definition) is 3. The average Bonchev–Trinajstić information content (AvgIpc) is 3.32. The Balaban J connectivity index is 1.65. The van der Waals surface area contributed by atoms with E-state index in [1.165, 1.54) is 30.0 Å². The van der Waals surface area contributed by atoms with Gasteiger partial charge in [0.2, 0.25) is 5.95 Å². The molecule has 1 aliphatic heterocycles. The minimum absolute atomic E-state index is 0.0939. The first-order chi connectivity index (χ1) is 17.9. The third-order valence-corrected chi connectivity index (χ3v) is 6.01. The molecular weight excluding hydrogens is 476 g/mol. The van der Waals surface area contributed by atoms with E-state index in [-0.39, 0.29) is 22.6 Å². The number of hydrogen-bond acceptors (Lipinski definition) is 8. The molecule has 0 fully saturated rings. The normalized spacial score (nSPS) is 14.5. The van der Waals surface area contributed by atoms with Gasteiger partial charge >= 0.3 is 0 Å². The van der Waals surface area contributed by atoms with Gasteiger partial charge in [-0.25, -0.2) is 4.68 Å². The summed E-state index contributed by atoms with van der Waals surface area (Å²) in [4.78, 5) is 29.7. The number of benzene rings is 3. The van der Waals surface area contributed by atoms with Gasteiger partial charge in [-0.05, 0) is 49.4 Å². The van der Waals surface area contributed by atoms with Crippen LogP contribution in [0.25, 0.3) is 11.4 Å². The van der Waals surface area contributed by atoms with E-state index in [2.05, 4.69) is 20.7 Å². The molecule has 11 nitrogen and oxygen atoms in total. The number of carbonyl (C=O) groups excluding carboxylic acids is 1. The lowest BCUT2D eigenvalue weighted by Gasteiger charge is -2.28. The Hall–Kier alpha value is -5.19. The Kier molecular flexibility index (Phi) is 6.02. The molecule has 1 unspecified atom stereocenters.